The molecule has 3 heterocycles. The lowest BCUT2D eigenvalue weighted by molar-refractivity contribution is 0.263. The molecule has 2 fully saturated rings. The smallest absolute Gasteiger partial charge is 0.120 e. The number of benzene rings is 3. The Kier molecular flexibility index (Phi) is 6.70. The Labute approximate surface area is 217 Å². The van der Waals surface area contributed by atoms with Gasteiger partial charge in [-0.05, 0) is 115 Å². The zero-order valence-electron chi connectivity index (χ0n) is 21.1. The zero-order chi connectivity index (χ0) is 24.5. The maximum absolute atomic E-state index is 5.87. The highest BCUT2D eigenvalue weighted by Crippen LogP contribution is 2.41. The first-order chi connectivity index (χ1) is 17.7. The van der Waals surface area contributed by atoms with Crippen molar-refractivity contribution in [2.45, 2.75) is 38.8 Å². The molecule has 0 radical (unpaired) electrons. The van der Waals surface area contributed by atoms with E-state index in [1.54, 1.807) is 7.11 Å². The Morgan fingerprint density at radius 2 is 1.75 bits per heavy atom. The number of likely N-dealkylation sites (tertiary alicyclic amines) is 1. The lowest BCUT2D eigenvalue weighted by atomic mass is 9.96. The minimum absolute atomic E-state index is 0.263. The molecule has 0 amide bonds. The van der Waals surface area contributed by atoms with Crippen LogP contribution in [0.3, 0.4) is 0 Å². The summed E-state index contributed by atoms with van der Waals surface area (Å²) >= 11 is 1.84. The highest BCUT2D eigenvalue weighted by molar-refractivity contribution is 7.22. The van der Waals surface area contributed by atoms with E-state index in [9.17, 15) is 0 Å². The normalized spacial score (nSPS) is 17.6. The lowest BCUT2D eigenvalue weighted by Gasteiger charge is -2.17. The number of nitrogens with zero attached hydrogens (tertiary/aromatic N) is 1. The second-order valence-electron chi connectivity index (χ2n) is 9.98. The van der Waals surface area contributed by atoms with Crippen LogP contribution in [-0.2, 0) is 17.7 Å². The van der Waals surface area contributed by atoms with Crippen LogP contribution in [0.2, 0.25) is 0 Å². The summed E-state index contributed by atoms with van der Waals surface area (Å²) in [6.45, 7) is 7.23. The summed E-state index contributed by atoms with van der Waals surface area (Å²) < 4.78 is 17.9. The van der Waals surface area contributed by atoms with Crippen LogP contribution in [0.4, 0.5) is 0 Å². The van der Waals surface area contributed by atoms with E-state index < -0.39 is 0 Å². The van der Waals surface area contributed by atoms with E-state index in [1.165, 1.54) is 68.7 Å². The van der Waals surface area contributed by atoms with Gasteiger partial charge in [-0.3, -0.25) is 4.90 Å². The Hall–Kier alpha value is -2.86. The van der Waals surface area contributed by atoms with Crippen molar-refractivity contribution >= 4 is 21.4 Å². The van der Waals surface area contributed by atoms with E-state index in [-0.39, 0.29) is 6.10 Å². The second-order valence-corrected chi connectivity index (χ2v) is 11.0. The molecule has 2 aliphatic heterocycles. The number of epoxide rings is 1. The molecular formula is C31H33NO3S. The minimum Gasteiger partial charge on any atom is -0.497 e. The predicted octanol–water partition coefficient (Wildman–Crippen LogP) is 6.85. The molecule has 0 aliphatic carbocycles. The van der Waals surface area contributed by atoms with Gasteiger partial charge in [-0.2, -0.15) is 0 Å². The van der Waals surface area contributed by atoms with Gasteiger partial charge < -0.3 is 14.2 Å². The summed E-state index contributed by atoms with van der Waals surface area (Å²) in [4.78, 5) is 3.89. The summed E-state index contributed by atoms with van der Waals surface area (Å²) in [7, 11) is 1.73. The van der Waals surface area contributed by atoms with Gasteiger partial charge in [0.15, 0.2) is 0 Å². The zero-order valence-corrected chi connectivity index (χ0v) is 21.9. The lowest BCUT2D eigenvalue weighted by Crippen LogP contribution is -2.18. The van der Waals surface area contributed by atoms with Crippen molar-refractivity contribution in [2.75, 3.05) is 33.4 Å². The first kappa shape index (κ1) is 23.5. The molecule has 1 atom stereocenters. The molecule has 0 unspecified atom stereocenters. The molecule has 36 heavy (non-hydrogen) atoms. The molecule has 2 saturated heterocycles. The van der Waals surface area contributed by atoms with Gasteiger partial charge in [0, 0.05) is 16.1 Å². The van der Waals surface area contributed by atoms with Gasteiger partial charge in [0.2, 0.25) is 0 Å². The van der Waals surface area contributed by atoms with E-state index >= 15 is 0 Å². The fourth-order valence-corrected chi connectivity index (χ4v) is 6.41. The molecule has 4 nitrogen and oxygen atoms in total. The van der Waals surface area contributed by atoms with Crippen molar-refractivity contribution in [3.05, 3.63) is 82.9 Å². The quantitative estimate of drug-likeness (QED) is 0.236. The number of hydrogen-bond acceptors (Lipinski definition) is 5. The van der Waals surface area contributed by atoms with E-state index in [2.05, 4.69) is 72.5 Å². The number of fused-ring (bicyclic) bond motifs is 1. The Morgan fingerprint density at radius 1 is 0.972 bits per heavy atom. The molecule has 5 heteroatoms. The van der Waals surface area contributed by atoms with E-state index in [0.29, 0.717) is 6.61 Å². The van der Waals surface area contributed by atoms with Crippen LogP contribution < -0.4 is 9.47 Å². The number of hydrogen-bond donors (Lipinski definition) is 0. The first-order valence-corrected chi connectivity index (χ1v) is 13.7. The van der Waals surface area contributed by atoms with Crippen molar-refractivity contribution < 1.29 is 14.2 Å². The third-order valence-electron chi connectivity index (χ3n) is 7.34. The van der Waals surface area contributed by atoms with Gasteiger partial charge in [-0.25, -0.2) is 0 Å². The van der Waals surface area contributed by atoms with Crippen LogP contribution in [0.5, 0.6) is 11.5 Å². The van der Waals surface area contributed by atoms with E-state index in [1.807, 2.05) is 11.3 Å². The Bertz CT molecular complexity index is 1350. The van der Waals surface area contributed by atoms with Crippen molar-refractivity contribution in [3.8, 4) is 21.9 Å². The number of methoxy groups -OCH3 is 1. The average Bonchev–Trinajstić information content (AvgIpc) is 3.47. The van der Waals surface area contributed by atoms with Gasteiger partial charge in [-0.15, -0.1) is 11.3 Å². The Morgan fingerprint density at radius 3 is 2.47 bits per heavy atom. The third kappa shape index (κ3) is 5.15. The Balaban J connectivity index is 1.30. The molecule has 6 rings (SSSR count). The van der Waals surface area contributed by atoms with Gasteiger partial charge in [-0.1, -0.05) is 18.2 Å². The number of rotatable bonds is 9. The fraction of sp³-hybridized carbons (Fsp3) is 0.355. The second kappa shape index (κ2) is 10.3. The molecule has 0 bridgehead atoms. The number of thiophene rings is 1. The summed E-state index contributed by atoms with van der Waals surface area (Å²) in [5.41, 5.74) is 6.81. The summed E-state index contributed by atoms with van der Waals surface area (Å²) in [5, 5.41) is 1.31. The number of ether oxygens (including phenoxy) is 3. The molecule has 2 aliphatic rings. The first-order valence-electron chi connectivity index (χ1n) is 12.9. The van der Waals surface area contributed by atoms with Gasteiger partial charge >= 0.3 is 0 Å². The van der Waals surface area contributed by atoms with Crippen LogP contribution in [0, 0.1) is 6.92 Å². The van der Waals surface area contributed by atoms with E-state index in [0.717, 1.165) is 31.1 Å². The molecule has 4 aromatic rings. The highest BCUT2D eigenvalue weighted by Gasteiger charge is 2.23. The van der Waals surface area contributed by atoms with Crippen molar-refractivity contribution in [2.24, 2.45) is 0 Å². The molecule has 0 N–H and O–H groups in total. The molecular weight excluding hydrogens is 466 g/mol. The predicted molar refractivity (Wildman–Crippen MR) is 148 cm³/mol. The minimum atomic E-state index is 0.263. The van der Waals surface area contributed by atoms with Crippen LogP contribution in [0.25, 0.3) is 20.5 Å². The molecule has 186 valence electrons. The van der Waals surface area contributed by atoms with Crippen LogP contribution in [-0.4, -0.2) is 44.4 Å². The fourth-order valence-electron chi connectivity index (χ4n) is 5.15. The third-order valence-corrected chi connectivity index (χ3v) is 8.58. The molecule has 0 spiro atoms. The van der Waals surface area contributed by atoms with Crippen molar-refractivity contribution in [1.82, 2.24) is 4.90 Å². The largest absolute Gasteiger partial charge is 0.497 e. The number of aryl methyl sites for hydroxylation is 1. The standard InChI is InChI=1S/C31H33NO3S/c1-21-15-22(5-6-24(21)18-32-13-3-4-14-32)16-29-28-12-11-26(33-2)17-30(28)36-31(29)23-7-9-25(10-8-23)34-19-27-20-35-27/h5-12,15,17,27H,3-4,13-14,16,18-20H2,1-2H3/t27-/m0/s1. The summed E-state index contributed by atoms with van der Waals surface area (Å²) in [6.07, 6.45) is 3.83. The van der Waals surface area contributed by atoms with Gasteiger partial charge in [0.1, 0.15) is 24.2 Å². The van der Waals surface area contributed by atoms with Crippen LogP contribution in [0.1, 0.15) is 35.1 Å². The van der Waals surface area contributed by atoms with E-state index in [4.69, 9.17) is 14.2 Å². The van der Waals surface area contributed by atoms with Crippen molar-refractivity contribution in [1.29, 1.82) is 0 Å². The molecule has 1 aromatic heterocycles. The summed E-state index contributed by atoms with van der Waals surface area (Å²) in [5.74, 6) is 1.79. The maximum Gasteiger partial charge on any atom is 0.120 e. The molecule has 0 saturated carbocycles. The van der Waals surface area contributed by atoms with Gasteiger partial charge in [0.25, 0.3) is 0 Å². The van der Waals surface area contributed by atoms with Crippen LogP contribution in [0.15, 0.2) is 60.7 Å². The average molecular weight is 500 g/mol. The molecule has 3 aromatic carbocycles. The SMILES string of the molecule is COc1ccc2c(Cc3ccc(CN4CCCC4)c(C)c3)c(-c3ccc(OC[C@H]4CO4)cc3)sc2c1. The maximum atomic E-state index is 5.87. The summed E-state index contributed by atoms with van der Waals surface area (Å²) in [6, 6.07) is 22.0. The monoisotopic (exact) mass is 499 g/mol. The van der Waals surface area contributed by atoms with Crippen LogP contribution >= 0.6 is 11.3 Å². The topological polar surface area (TPSA) is 34.2 Å². The van der Waals surface area contributed by atoms with Gasteiger partial charge in [0.05, 0.1) is 13.7 Å². The van der Waals surface area contributed by atoms with Crippen molar-refractivity contribution in [3.63, 3.8) is 0 Å². The highest BCUT2D eigenvalue weighted by atomic mass is 32.1.